The predicted molar refractivity (Wildman–Crippen MR) is 76.6 cm³/mol. The SMILES string of the molecule is COc1cc(CNC(C)C(=O)NC2CC2)cc2c1OCO2. The largest absolute Gasteiger partial charge is 0.493 e. The van der Waals surface area contributed by atoms with Crippen LogP contribution in [0.2, 0.25) is 0 Å². The standard InChI is InChI=1S/C15H20N2O4/c1-9(15(18)17-11-3-4-11)16-7-10-5-12(19-2)14-13(6-10)20-8-21-14/h5-6,9,11,16H,3-4,7-8H2,1-2H3,(H,17,18). The maximum absolute atomic E-state index is 11.9. The number of carbonyl (C=O) groups is 1. The molecule has 1 saturated carbocycles. The molecule has 2 N–H and O–H groups in total. The number of carbonyl (C=O) groups excluding carboxylic acids is 1. The third kappa shape index (κ3) is 3.21. The zero-order chi connectivity index (χ0) is 14.8. The van der Waals surface area contributed by atoms with Gasteiger partial charge in [0.25, 0.3) is 0 Å². The van der Waals surface area contributed by atoms with Crippen molar-refractivity contribution in [2.45, 2.75) is 38.4 Å². The fourth-order valence-corrected chi connectivity index (χ4v) is 2.20. The van der Waals surface area contributed by atoms with Gasteiger partial charge in [-0.15, -0.1) is 0 Å². The lowest BCUT2D eigenvalue weighted by Gasteiger charge is -2.14. The van der Waals surface area contributed by atoms with Gasteiger partial charge in [-0.2, -0.15) is 0 Å². The summed E-state index contributed by atoms with van der Waals surface area (Å²) in [7, 11) is 1.60. The lowest BCUT2D eigenvalue weighted by Crippen LogP contribution is -2.42. The molecule has 1 atom stereocenters. The summed E-state index contributed by atoms with van der Waals surface area (Å²) in [6.07, 6.45) is 2.19. The van der Waals surface area contributed by atoms with Gasteiger partial charge in [0.2, 0.25) is 18.4 Å². The van der Waals surface area contributed by atoms with E-state index in [4.69, 9.17) is 14.2 Å². The van der Waals surface area contributed by atoms with Gasteiger partial charge in [-0.05, 0) is 37.5 Å². The molecule has 1 amide bonds. The highest BCUT2D eigenvalue weighted by molar-refractivity contribution is 5.81. The summed E-state index contributed by atoms with van der Waals surface area (Å²) in [5.41, 5.74) is 0.988. The Bertz CT molecular complexity index is 543. The molecule has 0 bridgehead atoms. The molecule has 1 aromatic carbocycles. The van der Waals surface area contributed by atoms with Crippen LogP contribution in [0, 0.1) is 0 Å². The smallest absolute Gasteiger partial charge is 0.237 e. The molecule has 1 unspecified atom stereocenters. The van der Waals surface area contributed by atoms with Crippen LogP contribution in [0.15, 0.2) is 12.1 Å². The average Bonchev–Trinajstić information content (AvgIpc) is 3.17. The number of benzene rings is 1. The number of methoxy groups -OCH3 is 1. The molecule has 21 heavy (non-hydrogen) atoms. The molecule has 0 saturated heterocycles. The Hall–Kier alpha value is -1.95. The van der Waals surface area contributed by atoms with Crippen molar-refractivity contribution >= 4 is 5.91 Å². The third-order valence-electron chi connectivity index (χ3n) is 3.65. The number of hydrogen-bond donors (Lipinski definition) is 2. The predicted octanol–water partition coefficient (Wildman–Crippen LogP) is 1.18. The lowest BCUT2D eigenvalue weighted by atomic mass is 10.1. The van der Waals surface area contributed by atoms with Crippen molar-refractivity contribution in [1.82, 2.24) is 10.6 Å². The summed E-state index contributed by atoms with van der Waals surface area (Å²) in [6.45, 7) is 2.64. The van der Waals surface area contributed by atoms with E-state index in [2.05, 4.69) is 10.6 Å². The van der Waals surface area contributed by atoms with Crippen LogP contribution in [0.5, 0.6) is 17.2 Å². The van der Waals surface area contributed by atoms with Crippen LogP contribution in [0.25, 0.3) is 0 Å². The van der Waals surface area contributed by atoms with Crippen molar-refractivity contribution in [1.29, 1.82) is 0 Å². The summed E-state index contributed by atoms with van der Waals surface area (Å²) in [5, 5.41) is 6.19. The Morgan fingerprint density at radius 3 is 2.95 bits per heavy atom. The van der Waals surface area contributed by atoms with Crippen LogP contribution in [-0.4, -0.2) is 31.9 Å². The molecular formula is C15H20N2O4. The quantitative estimate of drug-likeness (QED) is 0.824. The van der Waals surface area contributed by atoms with Crippen molar-refractivity contribution in [3.05, 3.63) is 17.7 Å². The van der Waals surface area contributed by atoms with Gasteiger partial charge in [0.05, 0.1) is 13.2 Å². The maximum atomic E-state index is 11.9. The number of rotatable bonds is 6. The van der Waals surface area contributed by atoms with Gasteiger partial charge < -0.3 is 24.8 Å². The minimum atomic E-state index is -0.234. The third-order valence-corrected chi connectivity index (χ3v) is 3.65. The van der Waals surface area contributed by atoms with E-state index in [0.29, 0.717) is 29.8 Å². The maximum Gasteiger partial charge on any atom is 0.237 e. The van der Waals surface area contributed by atoms with Crippen LogP contribution in [0.3, 0.4) is 0 Å². The van der Waals surface area contributed by atoms with E-state index in [1.54, 1.807) is 7.11 Å². The molecule has 0 aromatic heterocycles. The van der Waals surface area contributed by atoms with Gasteiger partial charge in [0.1, 0.15) is 0 Å². The second-order valence-electron chi connectivity index (χ2n) is 5.42. The molecule has 1 fully saturated rings. The summed E-state index contributed by atoms with van der Waals surface area (Å²) < 4.78 is 16.0. The van der Waals surface area contributed by atoms with Gasteiger partial charge in [-0.3, -0.25) is 4.79 Å². The molecule has 1 heterocycles. The van der Waals surface area contributed by atoms with Crippen LogP contribution in [0.4, 0.5) is 0 Å². The van der Waals surface area contributed by atoms with Crippen LogP contribution in [0.1, 0.15) is 25.3 Å². The van der Waals surface area contributed by atoms with Gasteiger partial charge in [-0.25, -0.2) is 0 Å². The molecule has 1 aliphatic carbocycles. The first-order valence-electron chi connectivity index (χ1n) is 7.17. The average molecular weight is 292 g/mol. The van der Waals surface area contributed by atoms with Gasteiger partial charge in [-0.1, -0.05) is 0 Å². The van der Waals surface area contributed by atoms with Gasteiger partial charge in [0, 0.05) is 12.6 Å². The van der Waals surface area contributed by atoms with E-state index in [1.165, 1.54) is 0 Å². The summed E-state index contributed by atoms with van der Waals surface area (Å²) in [5.74, 6) is 2.02. The number of amides is 1. The first-order valence-corrected chi connectivity index (χ1v) is 7.17. The summed E-state index contributed by atoms with van der Waals surface area (Å²) in [6, 6.07) is 3.95. The number of fused-ring (bicyclic) bond motifs is 1. The van der Waals surface area contributed by atoms with Crippen LogP contribution < -0.4 is 24.8 Å². The van der Waals surface area contributed by atoms with E-state index < -0.39 is 0 Å². The van der Waals surface area contributed by atoms with Crippen molar-refractivity contribution in [3.8, 4) is 17.2 Å². The first kappa shape index (κ1) is 14.0. The van der Waals surface area contributed by atoms with E-state index in [9.17, 15) is 4.79 Å². The van der Waals surface area contributed by atoms with Crippen molar-refractivity contribution in [3.63, 3.8) is 0 Å². The number of hydrogen-bond acceptors (Lipinski definition) is 5. The van der Waals surface area contributed by atoms with Crippen molar-refractivity contribution in [2.24, 2.45) is 0 Å². The zero-order valence-electron chi connectivity index (χ0n) is 12.3. The highest BCUT2D eigenvalue weighted by atomic mass is 16.7. The molecular weight excluding hydrogens is 272 g/mol. The lowest BCUT2D eigenvalue weighted by molar-refractivity contribution is -0.122. The Morgan fingerprint density at radius 2 is 2.24 bits per heavy atom. The minimum absolute atomic E-state index is 0.0465. The summed E-state index contributed by atoms with van der Waals surface area (Å²) >= 11 is 0. The highest BCUT2D eigenvalue weighted by Gasteiger charge is 2.25. The van der Waals surface area contributed by atoms with Gasteiger partial charge >= 0.3 is 0 Å². The molecule has 3 rings (SSSR count). The molecule has 114 valence electrons. The van der Waals surface area contributed by atoms with E-state index in [-0.39, 0.29) is 18.7 Å². The Balaban J connectivity index is 1.60. The molecule has 1 aromatic rings. The van der Waals surface area contributed by atoms with E-state index in [0.717, 1.165) is 18.4 Å². The van der Waals surface area contributed by atoms with Crippen LogP contribution in [-0.2, 0) is 11.3 Å². The molecule has 0 radical (unpaired) electrons. The topological polar surface area (TPSA) is 68.8 Å². The number of ether oxygens (including phenoxy) is 3. The van der Waals surface area contributed by atoms with Crippen molar-refractivity contribution < 1.29 is 19.0 Å². The molecule has 6 nitrogen and oxygen atoms in total. The Morgan fingerprint density at radius 1 is 1.43 bits per heavy atom. The zero-order valence-corrected chi connectivity index (χ0v) is 12.3. The molecule has 1 aliphatic heterocycles. The van der Waals surface area contributed by atoms with Gasteiger partial charge in [0.15, 0.2) is 11.5 Å². The summed E-state index contributed by atoms with van der Waals surface area (Å²) in [4.78, 5) is 11.9. The minimum Gasteiger partial charge on any atom is -0.493 e. The van der Waals surface area contributed by atoms with E-state index in [1.807, 2.05) is 19.1 Å². The monoisotopic (exact) mass is 292 g/mol. The number of nitrogens with one attached hydrogen (secondary N) is 2. The Labute approximate surface area is 123 Å². The fraction of sp³-hybridized carbons (Fsp3) is 0.533. The molecule has 6 heteroatoms. The molecule has 2 aliphatic rings. The first-order chi connectivity index (χ1) is 10.2. The van der Waals surface area contributed by atoms with Crippen LogP contribution >= 0.6 is 0 Å². The fourth-order valence-electron chi connectivity index (χ4n) is 2.20. The van der Waals surface area contributed by atoms with E-state index >= 15 is 0 Å². The second kappa shape index (κ2) is 5.81. The highest BCUT2D eigenvalue weighted by Crippen LogP contribution is 2.41. The van der Waals surface area contributed by atoms with Crippen molar-refractivity contribution in [2.75, 3.05) is 13.9 Å². The Kier molecular flexibility index (Phi) is 3.88. The normalized spacial score (nSPS) is 17.4. The second-order valence-corrected chi connectivity index (χ2v) is 5.42. The molecule has 0 spiro atoms.